The van der Waals surface area contributed by atoms with E-state index in [9.17, 15) is 4.79 Å². The van der Waals surface area contributed by atoms with Gasteiger partial charge in [0, 0.05) is 6.07 Å². The van der Waals surface area contributed by atoms with Crippen LogP contribution in [0, 0.1) is 0 Å². The lowest BCUT2D eigenvalue weighted by atomic mass is 10.4. The molecule has 0 atom stereocenters. The van der Waals surface area contributed by atoms with Gasteiger partial charge >= 0.3 is 5.69 Å². The van der Waals surface area contributed by atoms with Crippen molar-refractivity contribution in [2.75, 3.05) is 0 Å². The second kappa shape index (κ2) is 6.60. The molecule has 14 heavy (non-hydrogen) atoms. The first-order valence-electron chi connectivity index (χ1n) is 4.88. The summed E-state index contributed by atoms with van der Waals surface area (Å²) in [6, 6.07) is 1.92. The third kappa shape index (κ3) is 3.14. The molecule has 0 aromatic carbocycles. The molecule has 0 amide bonds. The van der Waals surface area contributed by atoms with Gasteiger partial charge in [0.15, 0.2) is 0 Å². The molecule has 0 bridgehead atoms. The molecule has 0 radical (unpaired) electrons. The molecule has 0 aliphatic carbocycles. The van der Waals surface area contributed by atoms with E-state index in [0.29, 0.717) is 0 Å². The van der Waals surface area contributed by atoms with Gasteiger partial charge in [0.25, 0.3) is 0 Å². The van der Waals surface area contributed by atoms with Crippen LogP contribution < -0.4 is 22.7 Å². The van der Waals surface area contributed by atoms with Gasteiger partial charge in [0.05, 0.1) is 25.5 Å². The summed E-state index contributed by atoms with van der Waals surface area (Å²) in [6.07, 6.45) is 5.68. The Hall–Kier alpha value is -0.830. The van der Waals surface area contributed by atoms with Crippen molar-refractivity contribution in [1.29, 1.82) is 0 Å². The SMILES string of the molecule is CCCn1ccc[n+](CCC)c1=O.[Cl-]. The Morgan fingerprint density at radius 3 is 2.64 bits per heavy atom. The standard InChI is InChI=1S/C10H17N2O.ClH/c1-3-6-11-8-5-9-12(7-4-2)10(11)13;/h5,8-9H,3-4,6-7H2,1-2H3;1H/q+1;/p-1. The summed E-state index contributed by atoms with van der Waals surface area (Å²) >= 11 is 0. The molecule has 0 N–H and O–H groups in total. The normalized spacial score (nSPS) is 9.57. The van der Waals surface area contributed by atoms with Crippen molar-refractivity contribution in [3.05, 3.63) is 28.9 Å². The molecular formula is C10H17ClN2O. The highest BCUT2D eigenvalue weighted by atomic mass is 35.5. The monoisotopic (exact) mass is 216 g/mol. The zero-order valence-corrected chi connectivity index (χ0v) is 9.50. The van der Waals surface area contributed by atoms with Crippen LogP contribution in [0.1, 0.15) is 26.7 Å². The summed E-state index contributed by atoms with van der Waals surface area (Å²) in [5.74, 6) is 0. The van der Waals surface area contributed by atoms with Crippen LogP contribution in [-0.2, 0) is 13.1 Å². The van der Waals surface area contributed by atoms with Gasteiger partial charge < -0.3 is 12.4 Å². The fourth-order valence-electron chi connectivity index (χ4n) is 1.36. The highest BCUT2D eigenvalue weighted by molar-refractivity contribution is 4.75. The lowest BCUT2D eigenvalue weighted by Gasteiger charge is -1.99. The Balaban J connectivity index is 0.00000169. The Labute approximate surface area is 90.8 Å². The molecule has 1 aromatic heterocycles. The van der Waals surface area contributed by atoms with E-state index in [2.05, 4.69) is 13.8 Å². The average molecular weight is 217 g/mol. The highest BCUT2D eigenvalue weighted by Crippen LogP contribution is 1.83. The Bertz CT molecular complexity index is 295. The fraction of sp³-hybridized carbons (Fsp3) is 0.600. The van der Waals surface area contributed by atoms with E-state index in [-0.39, 0.29) is 18.1 Å². The van der Waals surface area contributed by atoms with Crippen molar-refractivity contribution in [2.24, 2.45) is 0 Å². The largest absolute Gasteiger partial charge is 1.00 e. The maximum absolute atomic E-state index is 11.7. The second-order valence-corrected chi connectivity index (χ2v) is 3.16. The number of halogens is 1. The molecular weight excluding hydrogens is 200 g/mol. The van der Waals surface area contributed by atoms with Crippen LogP contribution in [0.25, 0.3) is 0 Å². The fourth-order valence-corrected chi connectivity index (χ4v) is 1.36. The minimum atomic E-state index is 0. The molecule has 3 nitrogen and oxygen atoms in total. The maximum Gasteiger partial charge on any atom is 0.497 e. The zero-order valence-electron chi connectivity index (χ0n) is 8.74. The molecule has 0 aliphatic heterocycles. The van der Waals surface area contributed by atoms with E-state index >= 15 is 0 Å². The van der Waals surface area contributed by atoms with Gasteiger partial charge in [0.2, 0.25) is 0 Å². The molecule has 1 aromatic rings. The van der Waals surface area contributed by atoms with Gasteiger partial charge in [-0.25, -0.2) is 0 Å². The van der Waals surface area contributed by atoms with E-state index in [1.807, 2.05) is 18.5 Å². The first-order valence-corrected chi connectivity index (χ1v) is 4.88. The number of hydrogen-bond donors (Lipinski definition) is 0. The van der Waals surface area contributed by atoms with Crippen molar-refractivity contribution < 1.29 is 17.0 Å². The number of aromatic nitrogens is 2. The van der Waals surface area contributed by atoms with Gasteiger partial charge in [0.1, 0.15) is 0 Å². The molecule has 0 saturated heterocycles. The van der Waals surface area contributed by atoms with Crippen LogP contribution in [0.5, 0.6) is 0 Å². The second-order valence-electron chi connectivity index (χ2n) is 3.16. The van der Waals surface area contributed by atoms with Gasteiger partial charge in [-0.1, -0.05) is 13.8 Å². The van der Waals surface area contributed by atoms with Crippen LogP contribution in [0.2, 0.25) is 0 Å². The summed E-state index contributed by atoms with van der Waals surface area (Å²) in [7, 11) is 0. The summed E-state index contributed by atoms with van der Waals surface area (Å²) in [5, 5.41) is 0. The van der Waals surface area contributed by atoms with Gasteiger partial charge in [-0.15, -0.1) is 0 Å². The lowest BCUT2D eigenvalue weighted by Crippen LogP contribution is -3.00. The smallest absolute Gasteiger partial charge is 0.497 e. The van der Waals surface area contributed by atoms with Gasteiger partial charge in [-0.3, -0.25) is 0 Å². The molecule has 4 heteroatoms. The predicted molar refractivity (Wildman–Crippen MR) is 51.5 cm³/mol. The molecule has 0 unspecified atom stereocenters. The molecule has 1 rings (SSSR count). The average Bonchev–Trinajstić information content (AvgIpc) is 2.13. The molecule has 1 heterocycles. The third-order valence-corrected chi connectivity index (χ3v) is 1.95. The van der Waals surface area contributed by atoms with E-state index in [0.717, 1.165) is 25.9 Å². The van der Waals surface area contributed by atoms with E-state index in [4.69, 9.17) is 0 Å². The van der Waals surface area contributed by atoms with Gasteiger partial charge in [-0.05, 0) is 12.8 Å². The van der Waals surface area contributed by atoms with E-state index in [1.54, 1.807) is 9.13 Å². The van der Waals surface area contributed by atoms with Crippen LogP contribution >= 0.6 is 0 Å². The topological polar surface area (TPSA) is 25.9 Å². The van der Waals surface area contributed by atoms with Crippen LogP contribution in [0.4, 0.5) is 0 Å². The van der Waals surface area contributed by atoms with Crippen LogP contribution in [0.3, 0.4) is 0 Å². The van der Waals surface area contributed by atoms with E-state index < -0.39 is 0 Å². The van der Waals surface area contributed by atoms with Crippen molar-refractivity contribution in [3.63, 3.8) is 0 Å². The summed E-state index contributed by atoms with van der Waals surface area (Å²) < 4.78 is 3.52. The first-order chi connectivity index (χ1) is 6.29. The maximum atomic E-state index is 11.7. The molecule has 0 saturated carbocycles. The number of aryl methyl sites for hydroxylation is 2. The van der Waals surface area contributed by atoms with E-state index in [1.165, 1.54) is 0 Å². The first kappa shape index (κ1) is 13.2. The summed E-state index contributed by atoms with van der Waals surface area (Å²) in [5.41, 5.74) is 0.103. The van der Waals surface area contributed by atoms with Crippen molar-refractivity contribution in [3.8, 4) is 0 Å². The van der Waals surface area contributed by atoms with Crippen molar-refractivity contribution in [2.45, 2.75) is 39.8 Å². The third-order valence-electron chi connectivity index (χ3n) is 1.95. The minimum Gasteiger partial charge on any atom is -1.00 e. The molecule has 80 valence electrons. The van der Waals surface area contributed by atoms with Crippen molar-refractivity contribution in [1.82, 2.24) is 4.57 Å². The van der Waals surface area contributed by atoms with Crippen molar-refractivity contribution >= 4 is 0 Å². The van der Waals surface area contributed by atoms with Crippen LogP contribution in [0.15, 0.2) is 23.3 Å². The Morgan fingerprint density at radius 2 is 2.07 bits per heavy atom. The van der Waals surface area contributed by atoms with Gasteiger partial charge in [-0.2, -0.15) is 13.9 Å². The lowest BCUT2D eigenvalue weighted by molar-refractivity contribution is -0.715. The summed E-state index contributed by atoms with van der Waals surface area (Å²) in [6.45, 7) is 5.76. The quantitative estimate of drug-likeness (QED) is 0.533. The number of nitrogens with zero attached hydrogens (tertiary/aromatic N) is 2. The number of rotatable bonds is 4. The summed E-state index contributed by atoms with van der Waals surface area (Å²) in [4.78, 5) is 11.7. The predicted octanol–water partition coefficient (Wildman–Crippen LogP) is -2.04. The zero-order chi connectivity index (χ0) is 9.68. The minimum absolute atomic E-state index is 0. The Kier molecular flexibility index (Phi) is 6.21. The number of hydrogen-bond acceptors (Lipinski definition) is 1. The molecule has 0 aliphatic rings. The molecule has 0 spiro atoms. The molecule has 0 fully saturated rings. The van der Waals surface area contributed by atoms with Crippen LogP contribution in [-0.4, -0.2) is 4.57 Å². The highest BCUT2D eigenvalue weighted by Gasteiger charge is 2.06. The Morgan fingerprint density at radius 1 is 1.36 bits per heavy atom.